The number of nitrogens with zero attached hydrogens (tertiary/aromatic N) is 1. The Kier molecular flexibility index (Phi) is 14.1. The van der Waals surface area contributed by atoms with Crippen molar-refractivity contribution in [2.75, 3.05) is 6.54 Å². The number of hydrogen-bond acceptors (Lipinski definition) is 3. The summed E-state index contributed by atoms with van der Waals surface area (Å²) in [6.07, 6.45) is 33.0. The predicted molar refractivity (Wildman–Crippen MR) is 197 cm³/mol. The maximum atomic E-state index is 11.0. The summed E-state index contributed by atoms with van der Waals surface area (Å²) in [5.41, 5.74) is 8.71. The van der Waals surface area contributed by atoms with E-state index in [1.165, 1.54) is 73.3 Å². The predicted octanol–water partition coefficient (Wildman–Crippen LogP) is 10.3. The molecule has 5 rings (SSSR count). The van der Waals surface area contributed by atoms with Gasteiger partial charge in [-0.3, -0.25) is 9.59 Å². The zero-order valence-electron chi connectivity index (χ0n) is 29.7. The second-order valence-corrected chi connectivity index (χ2v) is 14.1. The van der Waals surface area contributed by atoms with Crippen LogP contribution in [0.2, 0.25) is 0 Å². The Morgan fingerprint density at radius 2 is 1.60 bits per heavy atom. The van der Waals surface area contributed by atoms with Crippen LogP contribution in [0.15, 0.2) is 83.8 Å². The number of unbranched alkanes of at least 4 members (excludes halogenated alkanes) is 5. The zero-order valence-corrected chi connectivity index (χ0v) is 29.7. The third-order valence-electron chi connectivity index (χ3n) is 10.7. The Morgan fingerprint density at radius 3 is 2.31 bits per heavy atom. The van der Waals surface area contributed by atoms with Crippen molar-refractivity contribution in [1.82, 2.24) is 5.32 Å². The van der Waals surface area contributed by atoms with Crippen LogP contribution in [-0.2, 0) is 15.0 Å². The Balaban J connectivity index is 0.000000579. The van der Waals surface area contributed by atoms with E-state index >= 15 is 0 Å². The van der Waals surface area contributed by atoms with Crippen molar-refractivity contribution in [1.29, 1.82) is 0 Å². The van der Waals surface area contributed by atoms with Gasteiger partial charge in [0, 0.05) is 53.8 Å². The molecule has 0 aromatic heterocycles. The number of carbonyl (C=O) groups is 2. The van der Waals surface area contributed by atoms with Gasteiger partial charge in [0.2, 0.25) is 5.69 Å². The molecule has 1 aromatic carbocycles. The lowest BCUT2D eigenvalue weighted by Gasteiger charge is -2.29. The fourth-order valence-electron chi connectivity index (χ4n) is 8.09. The number of fused-ring (bicyclic) bond motifs is 2. The molecule has 0 saturated heterocycles. The summed E-state index contributed by atoms with van der Waals surface area (Å²) in [6, 6.07) is 8.96. The Morgan fingerprint density at radius 1 is 0.896 bits per heavy atom. The molecule has 3 N–H and O–H groups in total. The number of hydrogen-bond donors (Lipinski definition) is 3. The average Bonchev–Trinajstić information content (AvgIpc) is 3.75. The fourth-order valence-corrected chi connectivity index (χ4v) is 8.09. The smallest absolute Gasteiger partial charge is 0.303 e. The van der Waals surface area contributed by atoms with E-state index in [0.717, 1.165) is 57.9 Å². The van der Waals surface area contributed by atoms with Gasteiger partial charge in [0.15, 0.2) is 5.71 Å². The maximum absolute atomic E-state index is 11.0. The third-order valence-corrected chi connectivity index (χ3v) is 10.7. The van der Waals surface area contributed by atoms with E-state index in [9.17, 15) is 9.59 Å². The van der Waals surface area contributed by atoms with Gasteiger partial charge in [-0.2, -0.15) is 4.58 Å². The van der Waals surface area contributed by atoms with Crippen molar-refractivity contribution < 1.29 is 24.4 Å². The zero-order chi connectivity index (χ0) is 34.4. The van der Waals surface area contributed by atoms with E-state index in [4.69, 9.17) is 10.2 Å². The number of allylic oxidation sites excluding steroid dienone is 8. The average molecular weight is 656 g/mol. The molecule has 6 heteroatoms. The molecule has 1 saturated carbocycles. The molecule has 2 heterocycles. The number of carboxylic acid groups (broad SMARTS) is 2. The van der Waals surface area contributed by atoms with Crippen molar-refractivity contribution >= 4 is 23.3 Å². The fraction of sp³-hybridized carbons (Fsp3) is 0.548. The first kappa shape index (κ1) is 37.2. The minimum Gasteiger partial charge on any atom is -0.481 e. The van der Waals surface area contributed by atoms with Crippen LogP contribution >= 0.6 is 0 Å². The molecule has 1 aromatic rings. The van der Waals surface area contributed by atoms with Gasteiger partial charge in [0.05, 0.1) is 5.41 Å². The number of para-hydroxylation sites is 1. The van der Waals surface area contributed by atoms with Crippen molar-refractivity contribution in [3.63, 3.8) is 0 Å². The van der Waals surface area contributed by atoms with Crippen LogP contribution in [0.1, 0.15) is 135 Å². The molecule has 0 amide bonds. The van der Waals surface area contributed by atoms with Gasteiger partial charge in [-0.25, -0.2) is 0 Å². The van der Waals surface area contributed by atoms with Crippen LogP contribution in [0.4, 0.5) is 5.69 Å². The van der Waals surface area contributed by atoms with Gasteiger partial charge in [-0.1, -0.05) is 102 Å². The first-order valence-electron chi connectivity index (χ1n) is 18.7. The first-order valence-corrected chi connectivity index (χ1v) is 18.7. The minimum absolute atomic E-state index is 0.108. The maximum Gasteiger partial charge on any atom is 0.303 e. The number of carboxylic acids is 2. The lowest BCUT2D eigenvalue weighted by Crippen LogP contribution is -2.31. The molecule has 2 aliphatic carbocycles. The van der Waals surface area contributed by atoms with E-state index in [1.807, 2.05) is 0 Å². The highest BCUT2D eigenvalue weighted by Crippen LogP contribution is 2.51. The van der Waals surface area contributed by atoms with Gasteiger partial charge in [-0.05, 0) is 69.1 Å². The van der Waals surface area contributed by atoms with E-state index < -0.39 is 11.9 Å². The highest BCUT2D eigenvalue weighted by Gasteiger charge is 2.52. The van der Waals surface area contributed by atoms with Crippen molar-refractivity contribution in [2.45, 2.75) is 135 Å². The van der Waals surface area contributed by atoms with Gasteiger partial charge < -0.3 is 15.5 Å². The van der Waals surface area contributed by atoms with Crippen LogP contribution in [0.25, 0.3) is 0 Å². The Hall–Kier alpha value is -3.67. The number of nitrogens with one attached hydrogen (secondary N) is 1. The summed E-state index contributed by atoms with van der Waals surface area (Å²) in [5, 5.41) is 20.9. The summed E-state index contributed by atoms with van der Waals surface area (Å²) in [7, 11) is 0. The molecule has 1 atom stereocenters. The second-order valence-electron chi connectivity index (χ2n) is 14.1. The van der Waals surface area contributed by atoms with Crippen LogP contribution in [-0.4, -0.2) is 39.0 Å². The Bertz CT molecular complexity index is 1450. The summed E-state index contributed by atoms with van der Waals surface area (Å²) in [6.45, 7) is 7.71. The molecule has 0 bridgehead atoms. The number of benzene rings is 1. The van der Waals surface area contributed by atoms with E-state index in [1.54, 1.807) is 5.57 Å². The van der Waals surface area contributed by atoms with Crippen LogP contribution in [0, 0.1) is 5.41 Å². The Labute approximate surface area is 289 Å². The summed E-state index contributed by atoms with van der Waals surface area (Å²) >= 11 is 0. The molecular weight excluding hydrogens is 596 g/mol. The molecule has 260 valence electrons. The van der Waals surface area contributed by atoms with Crippen LogP contribution in [0.5, 0.6) is 0 Å². The van der Waals surface area contributed by atoms with E-state index in [0.29, 0.717) is 6.42 Å². The van der Waals surface area contributed by atoms with Crippen molar-refractivity contribution in [3.05, 3.63) is 89.3 Å². The molecule has 1 fully saturated rings. The third kappa shape index (κ3) is 9.06. The van der Waals surface area contributed by atoms with E-state index in [2.05, 4.69) is 97.5 Å². The van der Waals surface area contributed by atoms with E-state index in [-0.39, 0.29) is 17.3 Å². The molecule has 4 aliphatic rings. The largest absolute Gasteiger partial charge is 0.481 e. The highest BCUT2D eigenvalue weighted by atomic mass is 16.4. The van der Waals surface area contributed by atoms with Crippen molar-refractivity contribution in [2.24, 2.45) is 5.41 Å². The van der Waals surface area contributed by atoms with Gasteiger partial charge in [-0.15, -0.1) is 0 Å². The molecular formula is C42H59N2O4+. The monoisotopic (exact) mass is 655 g/mol. The molecule has 1 unspecified atom stereocenters. The highest BCUT2D eigenvalue weighted by molar-refractivity contribution is 6.04. The van der Waals surface area contributed by atoms with Crippen LogP contribution < -0.4 is 5.32 Å². The minimum atomic E-state index is -0.695. The molecule has 0 radical (unpaired) electrons. The normalized spacial score (nSPS) is 21.7. The molecule has 48 heavy (non-hydrogen) atoms. The van der Waals surface area contributed by atoms with Gasteiger partial charge in [0.25, 0.3) is 0 Å². The second kappa shape index (κ2) is 18.2. The lowest BCUT2D eigenvalue weighted by molar-refractivity contribution is -0.438. The topological polar surface area (TPSA) is 89.6 Å². The summed E-state index contributed by atoms with van der Waals surface area (Å²) in [5.74, 6) is -1.38. The van der Waals surface area contributed by atoms with Crippen molar-refractivity contribution in [3.8, 4) is 0 Å². The quantitative estimate of drug-likeness (QED) is 0.0937. The van der Waals surface area contributed by atoms with Crippen LogP contribution in [0.3, 0.4) is 0 Å². The standard InChI is InChI=1S/C36H46N2O2.C6H12O2/c1-3-4-24-35(2)28-17-10-12-19-30(28)37-32(35)21-7-5-8-22-33-36(25-14-15-26-36)29-18-11-13-20-31(29)38(33)27-16-6-9-23-34(39)40;1-2-3-4-5-6(7)8/h5,7-8,11-13,18-22H,3-4,6,9-10,14-17,23-27H2,1-2H3,(H,39,40);2-5H2,1H3,(H,7,8)/p+1. The molecule has 2 aliphatic heterocycles. The van der Waals surface area contributed by atoms with Gasteiger partial charge in [0.1, 0.15) is 6.54 Å². The first-order chi connectivity index (χ1) is 23.3. The molecule has 1 spiro atoms. The number of aliphatic carboxylic acids is 2. The number of rotatable bonds is 16. The lowest BCUT2D eigenvalue weighted by atomic mass is 9.74. The summed E-state index contributed by atoms with van der Waals surface area (Å²) < 4.78 is 2.54. The SMILES string of the molecule is CCCCC1(C)C2=C(C=CCC2)N\C1=C/C=C/C=C/C1=[N+](CCCCCC(=O)O)c2ccccc2C12CCCC2.CCCCCC(=O)O. The van der Waals surface area contributed by atoms with Gasteiger partial charge >= 0.3 is 11.9 Å². The molecule has 6 nitrogen and oxygen atoms in total. The summed E-state index contributed by atoms with van der Waals surface area (Å²) in [4.78, 5) is 20.8.